The first-order valence-corrected chi connectivity index (χ1v) is 11.3. The number of nitrogens with zero attached hydrogens (tertiary/aromatic N) is 3. The molecule has 33 heavy (non-hydrogen) atoms. The van der Waals surface area contributed by atoms with Gasteiger partial charge in [-0.05, 0) is 50.2 Å². The standard InChI is InChI=1S/C24H30N6O3/c1-16-15-33-12-11-30(16)22-13-20(19(14-25)23(28-22)27-21-7-10-26-29-21)24(32)8-5-18(6-9-24)4-3-17(2)31/h7,10,13-14,16,18,25,32H,5-6,8-9,11-12,15H2,1-2H3,(H2,26,27,28,29)/t16-,18?,24?/m1/s1. The number of aliphatic hydroxyl groups is 1. The molecule has 2 aromatic heterocycles. The smallest absolute Gasteiger partial charge is 0.202 e. The Hall–Kier alpha value is -3.22. The van der Waals surface area contributed by atoms with Crippen LogP contribution in [-0.2, 0) is 15.1 Å². The van der Waals surface area contributed by atoms with Crippen LogP contribution in [0.3, 0.4) is 0 Å². The van der Waals surface area contributed by atoms with Crippen LogP contribution in [-0.4, -0.2) is 58.1 Å². The molecule has 3 heterocycles. The van der Waals surface area contributed by atoms with E-state index in [1.807, 2.05) is 6.07 Å². The van der Waals surface area contributed by atoms with Crippen molar-refractivity contribution < 1.29 is 14.6 Å². The fraction of sp³-hybridized carbons (Fsp3) is 0.500. The van der Waals surface area contributed by atoms with Gasteiger partial charge in [0.15, 0.2) is 0 Å². The summed E-state index contributed by atoms with van der Waals surface area (Å²) in [5.41, 5.74) is 0.116. The molecule has 1 aliphatic carbocycles. The molecule has 0 radical (unpaired) electrons. The minimum atomic E-state index is -1.11. The van der Waals surface area contributed by atoms with Crippen LogP contribution in [0.4, 0.5) is 17.5 Å². The van der Waals surface area contributed by atoms with Crippen LogP contribution in [0.5, 0.6) is 0 Å². The number of ketones is 1. The SMILES string of the molecule is CC(=O)C#CC1CCC(O)(c2cc(N3CCOC[C@H]3C)nc(Nc3ccn[nH]3)c2C=N)CC1. The maximum absolute atomic E-state index is 11.8. The fourth-order valence-electron chi connectivity index (χ4n) is 4.55. The first-order chi connectivity index (χ1) is 15.9. The van der Waals surface area contributed by atoms with Gasteiger partial charge in [-0.3, -0.25) is 9.89 Å². The molecular formula is C24H30N6O3. The van der Waals surface area contributed by atoms with Gasteiger partial charge in [0, 0.05) is 37.2 Å². The molecule has 0 bridgehead atoms. The van der Waals surface area contributed by atoms with Crippen molar-refractivity contribution in [2.24, 2.45) is 5.92 Å². The van der Waals surface area contributed by atoms with E-state index < -0.39 is 5.60 Å². The molecule has 2 fully saturated rings. The van der Waals surface area contributed by atoms with Crippen LogP contribution in [0.15, 0.2) is 18.3 Å². The number of rotatable bonds is 5. The van der Waals surface area contributed by atoms with E-state index >= 15 is 0 Å². The lowest BCUT2D eigenvalue weighted by molar-refractivity contribution is -0.111. The van der Waals surface area contributed by atoms with E-state index in [9.17, 15) is 9.90 Å². The van der Waals surface area contributed by atoms with E-state index in [-0.39, 0.29) is 17.7 Å². The molecule has 1 saturated heterocycles. The van der Waals surface area contributed by atoms with Gasteiger partial charge in [0.05, 0.1) is 31.1 Å². The van der Waals surface area contributed by atoms with Gasteiger partial charge in [-0.25, -0.2) is 4.98 Å². The van der Waals surface area contributed by atoms with Crippen molar-refractivity contribution >= 4 is 29.5 Å². The summed E-state index contributed by atoms with van der Waals surface area (Å²) in [4.78, 5) is 18.2. The van der Waals surface area contributed by atoms with Gasteiger partial charge in [-0.15, -0.1) is 0 Å². The summed E-state index contributed by atoms with van der Waals surface area (Å²) in [7, 11) is 0. The number of anilines is 3. The third-order valence-electron chi connectivity index (χ3n) is 6.37. The second-order valence-corrected chi connectivity index (χ2v) is 8.78. The number of carbonyl (C=O) groups excluding carboxylic acids is 1. The van der Waals surface area contributed by atoms with E-state index in [1.165, 1.54) is 13.1 Å². The number of hydrogen-bond acceptors (Lipinski definition) is 8. The Morgan fingerprint density at radius 1 is 1.45 bits per heavy atom. The molecule has 4 N–H and O–H groups in total. The van der Waals surface area contributed by atoms with Gasteiger partial charge >= 0.3 is 0 Å². The Balaban J connectivity index is 1.72. The van der Waals surface area contributed by atoms with Crippen LogP contribution in [0.2, 0.25) is 0 Å². The van der Waals surface area contributed by atoms with Crippen LogP contribution >= 0.6 is 0 Å². The van der Waals surface area contributed by atoms with Crippen LogP contribution in [0, 0.1) is 23.2 Å². The van der Waals surface area contributed by atoms with E-state index in [1.54, 1.807) is 12.3 Å². The second kappa shape index (κ2) is 9.73. The van der Waals surface area contributed by atoms with Gasteiger partial charge in [0.1, 0.15) is 17.5 Å². The largest absolute Gasteiger partial charge is 0.385 e. The number of pyridine rings is 1. The highest BCUT2D eigenvalue weighted by atomic mass is 16.5. The lowest BCUT2D eigenvalue weighted by Crippen LogP contribution is -2.44. The number of aromatic nitrogens is 3. The summed E-state index contributed by atoms with van der Waals surface area (Å²) in [6.07, 6.45) is 5.24. The minimum absolute atomic E-state index is 0.0840. The van der Waals surface area contributed by atoms with Crippen molar-refractivity contribution in [3.05, 3.63) is 29.5 Å². The highest BCUT2D eigenvalue weighted by Gasteiger charge is 2.38. The molecule has 1 aliphatic heterocycles. The summed E-state index contributed by atoms with van der Waals surface area (Å²) < 4.78 is 5.59. The highest BCUT2D eigenvalue weighted by molar-refractivity contribution is 5.93. The highest BCUT2D eigenvalue weighted by Crippen LogP contribution is 2.43. The molecule has 174 valence electrons. The fourth-order valence-corrected chi connectivity index (χ4v) is 4.55. The van der Waals surface area contributed by atoms with Gasteiger partial charge in [-0.2, -0.15) is 5.10 Å². The predicted octanol–water partition coefficient (Wildman–Crippen LogP) is 2.74. The maximum atomic E-state index is 11.8. The van der Waals surface area contributed by atoms with Gasteiger partial charge in [0.2, 0.25) is 5.78 Å². The number of carbonyl (C=O) groups is 1. The zero-order valence-corrected chi connectivity index (χ0v) is 19.0. The van der Waals surface area contributed by atoms with Crippen molar-refractivity contribution in [3.63, 3.8) is 0 Å². The summed E-state index contributed by atoms with van der Waals surface area (Å²) in [6.45, 7) is 5.45. The molecule has 9 heteroatoms. The van der Waals surface area contributed by atoms with Crippen molar-refractivity contribution in [1.82, 2.24) is 15.2 Å². The van der Waals surface area contributed by atoms with Crippen molar-refractivity contribution in [2.75, 3.05) is 30.0 Å². The third-order valence-corrected chi connectivity index (χ3v) is 6.37. The van der Waals surface area contributed by atoms with E-state index in [0.29, 0.717) is 68.2 Å². The summed E-state index contributed by atoms with van der Waals surface area (Å²) >= 11 is 0. The average Bonchev–Trinajstić information content (AvgIpc) is 3.31. The molecule has 0 spiro atoms. The summed E-state index contributed by atoms with van der Waals surface area (Å²) in [5, 5.41) is 30.0. The number of nitrogens with one attached hydrogen (secondary N) is 3. The van der Waals surface area contributed by atoms with Gasteiger partial charge in [-0.1, -0.05) is 5.92 Å². The molecule has 1 saturated carbocycles. The third kappa shape index (κ3) is 5.07. The number of H-pyrrole nitrogens is 1. The molecular weight excluding hydrogens is 420 g/mol. The minimum Gasteiger partial charge on any atom is -0.385 e. The van der Waals surface area contributed by atoms with Crippen LogP contribution < -0.4 is 10.2 Å². The predicted molar refractivity (Wildman–Crippen MR) is 126 cm³/mol. The Morgan fingerprint density at radius 2 is 2.24 bits per heavy atom. The molecule has 0 unspecified atom stereocenters. The first-order valence-electron chi connectivity index (χ1n) is 11.3. The zero-order chi connectivity index (χ0) is 23.4. The number of hydrogen-bond donors (Lipinski definition) is 4. The zero-order valence-electron chi connectivity index (χ0n) is 19.0. The Morgan fingerprint density at radius 3 is 2.88 bits per heavy atom. The lowest BCUT2D eigenvalue weighted by atomic mass is 9.74. The topological polar surface area (TPSA) is 127 Å². The molecule has 1 atom stereocenters. The monoisotopic (exact) mass is 450 g/mol. The quantitative estimate of drug-likeness (QED) is 0.313. The normalized spacial score (nSPS) is 25.1. The summed E-state index contributed by atoms with van der Waals surface area (Å²) in [5.74, 6) is 7.50. The van der Waals surface area contributed by atoms with E-state index in [2.05, 4.69) is 39.2 Å². The average molecular weight is 451 g/mol. The van der Waals surface area contributed by atoms with Crippen LogP contribution in [0.25, 0.3) is 0 Å². The number of ether oxygens (including phenoxy) is 1. The first kappa shape index (κ1) is 23.0. The van der Waals surface area contributed by atoms with Crippen molar-refractivity contribution in [2.45, 2.75) is 51.2 Å². The van der Waals surface area contributed by atoms with Gasteiger partial charge < -0.3 is 25.5 Å². The molecule has 2 aliphatic rings. The Bertz CT molecular complexity index is 1060. The second-order valence-electron chi connectivity index (χ2n) is 8.78. The maximum Gasteiger partial charge on any atom is 0.202 e. The molecule has 2 aromatic rings. The number of aromatic amines is 1. The van der Waals surface area contributed by atoms with Gasteiger partial charge in [0.25, 0.3) is 0 Å². The molecule has 0 amide bonds. The van der Waals surface area contributed by atoms with Crippen LogP contribution in [0.1, 0.15) is 50.7 Å². The number of morpholine rings is 1. The van der Waals surface area contributed by atoms with E-state index in [4.69, 9.17) is 15.1 Å². The molecule has 4 rings (SSSR count). The summed E-state index contributed by atoms with van der Waals surface area (Å²) in [6, 6.07) is 3.84. The van der Waals surface area contributed by atoms with Crippen molar-refractivity contribution in [3.8, 4) is 11.8 Å². The Kier molecular flexibility index (Phi) is 6.77. The van der Waals surface area contributed by atoms with E-state index in [0.717, 1.165) is 5.82 Å². The number of Topliss-reactive ketones (excluding diaryl/α,β-unsaturated/α-hetero) is 1. The molecule has 9 nitrogen and oxygen atoms in total. The molecule has 0 aromatic carbocycles. The van der Waals surface area contributed by atoms with Crippen molar-refractivity contribution in [1.29, 1.82) is 5.41 Å². The lowest BCUT2D eigenvalue weighted by Gasteiger charge is -2.38. The Labute approximate surface area is 193 Å².